The van der Waals surface area contributed by atoms with Crippen molar-refractivity contribution in [2.24, 2.45) is 23.2 Å². The number of fused-ring (bicyclic) bond motifs is 1. The van der Waals surface area contributed by atoms with Crippen molar-refractivity contribution in [3.63, 3.8) is 0 Å². The molecule has 100 valence electrons. The van der Waals surface area contributed by atoms with E-state index in [4.69, 9.17) is 0 Å². The van der Waals surface area contributed by atoms with Crippen LogP contribution in [0.25, 0.3) is 0 Å². The van der Waals surface area contributed by atoms with Gasteiger partial charge in [0.25, 0.3) is 0 Å². The van der Waals surface area contributed by atoms with E-state index in [0.29, 0.717) is 29.8 Å². The maximum absolute atomic E-state index is 10.1. The Bertz CT molecular complexity index is 243. The normalized spacial score (nSPS) is 37.6. The molecular formula is C13H24O2Y4. The monoisotopic (exact) mass is 568 g/mol. The van der Waals surface area contributed by atoms with Gasteiger partial charge in [-0.1, -0.05) is 20.3 Å². The Morgan fingerprint density at radius 2 is 1.68 bits per heavy atom. The summed E-state index contributed by atoms with van der Waals surface area (Å²) in [4.78, 5) is 0. The third-order valence-corrected chi connectivity index (χ3v) is 5.14. The molecule has 0 aromatic heterocycles. The molecule has 0 aliphatic heterocycles. The number of aliphatic hydroxyl groups excluding tert-OH is 2. The van der Waals surface area contributed by atoms with Crippen LogP contribution in [0.5, 0.6) is 0 Å². The Morgan fingerprint density at radius 3 is 2.21 bits per heavy atom. The van der Waals surface area contributed by atoms with Crippen LogP contribution in [0.2, 0.25) is 0 Å². The van der Waals surface area contributed by atoms with Gasteiger partial charge in [-0.3, -0.25) is 0 Å². The van der Waals surface area contributed by atoms with Crippen molar-refractivity contribution in [1.82, 2.24) is 0 Å². The summed E-state index contributed by atoms with van der Waals surface area (Å²) in [6.45, 7) is 4.78. The van der Waals surface area contributed by atoms with Crippen molar-refractivity contribution in [2.75, 3.05) is 6.61 Å². The smallest absolute Gasteiger partial charge is 0.0573 e. The van der Waals surface area contributed by atoms with Crippen LogP contribution in [0.1, 0.15) is 46.0 Å². The molecule has 2 rings (SSSR count). The van der Waals surface area contributed by atoms with Gasteiger partial charge in [-0.25, -0.2) is 0 Å². The first-order valence-electron chi connectivity index (χ1n) is 6.38. The molecule has 2 nitrogen and oxygen atoms in total. The third-order valence-electron chi connectivity index (χ3n) is 5.14. The number of rotatable bonds is 2. The standard InChI is InChI=1S/C13H24O2.4Y/c1-9(8-14)10-5-6-11-12(15)4-3-7-13(10,11)2;;;;/h9-12,14-15H,3-8H2,1-2H3;;;;/t9-,10?,11+,12?,13-;;;;/m1..../s1. The SMILES string of the molecule is C[C@H](CO)C1CC[C@H]2C(O)CCC[C@]12C.[Y].[Y].[Y].[Y]. The largest absolute Gasteiger partial charge is 0.396 e. The molecule has 2 fully saturated rings. The second-order valence-electron chi connectivity index (χ2n) is 5.92. The average molecular weight is 568 g/mol. The minimum Gasteiger partial charge on any atom is -0.396 e. The van der Waals surface area contributed by atoms with Crippen molar-refractivity contribution in [3.05, 3.63) is 0 Å². The van der Waals surface area contributed by atoms with E-state index in [9.17, 15) is 10.2 Å². The molecule has 2 aliphatic rings. The molecule has 19 heavy (non-hydrogen) atoms. The topological polar surface area (TPSA) is 40.5 Å². The first-order valence-corrected chi connectivity index (χ1v) is 6.38. The van der Waals surface area contributed by atoms with Crippen molar-refractivity contribution in [2.45, 2.75) is 52.1 Å². The summed E-state index contributed by atoms with van der Waals surface area (Å²) in [5.41, 5.74) is 0.291. The first kappa shape index (κ1) is 28.2. The minimum absolute atomic E-state index is 0. The van der Waals surface area contributed by atoms with E-state index in [1.54, 1.807) is 0 Å². The van der Waals surface area contributed by atoms with Gasteiger partial charge < -0.3 is 10.2 Å². The summed E-state index contributed by atoms with van der Waals surface area (Å²) < 4.78 is 0. The zero-order valence-electron chi connectivity index (χ0n) is 12.3. The first-order chi connectivity index (χ1) is 7.09. The molecule has 5 atom stereocenters. The summed E-state index contributed by atoms with van der Waals surface area (Å²) in [5, 5.41) is 19.4. The molecule has 0 spiro atoms. The second kappa shape index (κ2) is 12.7. The molecule has 0 aromatic rings. The molecule has 2 aliphatic carbocycles. The van der Waals surface area contributed by atoms with E-state index in [-0.39, 0.29) is 137 Å². The van der Waals surface area contributed by atoms with Crippen LogP contribution < -0.4 is 0 Å². The predicted octanol–water partition coefficient (Wildman–Crippen LogP) is 2.18. The van der Waals surface area contributed by atoms with Crippen LogP contribution >= 0.6 is 0 Å². The number of aliphatic hydroxyl groups is 2. The van der Waals surface area contributed by atoms with Crippen molar-refractivity contribution in [1.29, 1.82) is 0 Å². The Kier molecular flexibility index (Phi) is 18.8. The maximum Gasteiger partial charge on any atom is 0.0573 e. The van der Waals surface area contributed by atoms with Crippen LogP contribution in [0.4, 0.5) is 0 Å². The Hall–Kier alpha value is 4.34. The van der Waals surface area contributed by atoms with Gasteiger partial charge in [0.15, 0.2) is 0 Å². The van der Waals surface area contributed by atoms with Crippen LogP contribution in [-0.2, 0) is 131 Å². The van der Waals surface area contributed by atoms with Gasteiger partial charge in [0, 0.05) is 137 Å². The van der Waals surface area contributed by atoms with E-state index >= 15 is 0 Å². The maximum atomic E-state index is 10.1. The zero-order chi connectivity index (χ0) is 11.1. The van der Waals surface area contributed by atoms with Crippen molar-refractivity contribution >= 4 is 0 Å². The fourth-order valence-corrected chi connectivity index (χ4v) is 4.25. The summed E-state index contributed by atoms with van der Waals surface area (Å²) >= 11 is 0. The molecule has 0 amide bonds. The van der Waals surface area contributed by atoms with Gasteiger partial charge in [0.2, 0.25) is 0 Å². The summed E-state index contributed by atoms with van der Waals surface area (Å²) in [6.07, 6.45) is 5.65. The van der Waals surface area contributed by atoms with Gasteiger partial charge in [0.05, 0.1) is 6.10 Å². The van der Waals surface area contributed by atoms with E-state index in [2.05, 4.69) is 13.8 Å². The number of hydrogen-bond acceptors (Lipinski definition) is 2. The molecule has 0 saturated heterocycles. The summed E-state index contributed by atoms with van der Waals surface area (Å²) in [7, 11) is 0. The van der Waals surface area contributed by atoms with Gasteiger partial charge in [-0.15, -0.1) is 0 Å². The second-order valence-corrected chi connectivity index (χ2v) is 5.92. The van der Waals surface area contributed by atoms with Crippen molar-refractivity contribution in [3.8, 4) is 0 Å². The molecule has 2 N–H and O–H groups in total. The Balaban J connectivity index is -0.000000640. The number of hydrogen-bond donors (Lipinski definition) is 2. The van der Waals surface area contributed by atoms with Gasteiger partial charge in [-0.2, -0.15) is 0 Å². The fraction of sp³-hybridized carbons (Fsp3) is 1.00. The van der Waals surface area contributed by atoms with Crippen LogP contribution in [0.15, 0.2) is 0 Å². The van der Waals surface area contributed by atoms with Crippen LogP contribution in [-0.4, -0.2) is 22.9 Å². The van der Waals surface area contributed by atoms with E-state index in [0.717, 1.165) is 19.3 Å². The average Bonchev–Trinajstić information content (AvgIpc) is 2.56. The van der Waals surface area contributed by atoms with Gasteiger partial charge in [0.1, 0.15) is 0 Å². The molecule has 0 aromatic carbocycles. The Morgan fingerprint density at radius 1 is 1.11 bits per heavy atom. The summed E-state index contributed by atoms with van der Waals surface area (Å²) in [5.74, 6) is 1.50. The molecular weight excluding hydrogens is 544 g/mol. The Labute approximate surface area is 218 Å². The quantitative estimate of drug-likeness (QED) is 0.537. The fourth-order valence-electron chi connectivity index (χ4n) is 4.25. The van der Waals surface area contributed by atoms with Gasteiger partial charge >= 0.3 is 0 Å². The van der Waals surface area contributed by atoms with Crippen LogP contribution in [0, 0.1) is 23.2 Å². The van der Waals surface area contributed by atoms with E-state index < -0.39 is 0 Å². The molecule has 2 unspecified atom stereocenters. The van der Waals surface area contributed by atoms with Crippen LogP contribution in [0.3, 0.4) is 0 Å². The van der Waals surface area contributed by atoms with E-state index in [1.165, 1.54) is 12.8 Å². The molecule has 2 saturated carbocycles. The third kappa shape index (κ3) is 6.29. The minimum atomic E-state index is -0.0837. The zero-order valence-corrected chi connectivity index (χ0v) is 23.6. The van der Waals surface area contributed by atoms with Gasteiger partial charge in [-0.05, 0) is 48.9 Å². The molecule has 0 heterocycles. The van der Waals surface area contributed by atoms with Crippen molar-refractivity contribution < 1.29 is 141 Å². The molecule has 4 radical (unpaired) electrons. The van der Waals surface area contributed by atoms with E-state index in [1.807, 2.05) is 0 Å². The molecule has 0 bridgehead atoms. The molecule has 6 heteroatoms. The predicted molar refractivity (Wildman–Crippen MR) is 60.4 cm³/mol. The summed E-state index contributed by atoms with van der Waals surface area (Å²) in [6, 6.07) is 0.